The van der Waals surface area contributed by atoms with E-state index < -0.39 is 5.97 Å². The summed E-state index contributed by atoms with van der Waals surface area (Å²) in [6, 6.07) is 1.70. The molecule has 84 valence electrons. The van der Waals surface area contributed by atoms with Crippen LogP contribution in [-0.4, -0.2) is 31.3 Å². The predicted octanol–water partition coefficient (Wildman–Crippen LogP) is 1.57. The molecule has 5 heteroatoms. The van der Waals surface area contributed by atoms with Crippen LogP contribution in [0.25, 0.3) is 0 Å². The lowest BCUT2D eigenvalue weighted by Gasteiger charge is -2.01. The average molecular weight is 229 g/mol. The fourth-order valence-corrected chi connectivity index (χ4v) is 1.97. The third-order valence-corrected chi connectivity index (χ3v) is 2.84. The van der Waals surface area contributed by atoms with Crippen LogP contribution in [0.2, 0.25) is 0 Å². The second-order valence-electron chi connectivity index (χ2n) is 3.13. The Morgan fingerprint density at radius 3 is 3.07 bits per heavy atom. The monoisotopic (exact) mass is 229 g/mol. The number of nitrogens with one attached hydrogen (secondary N) is 1. The fraction of sp³-hybridized carbons (Fsp3) is 0.500. The van der Waals surface area contributed by atoms with Gasteiger partial charge in [-0.15, -0.1) is 11.3 Å². The minimum absolute atomic E-state index is 0.369. The van der Waals surface area contributed by atoms with Crippen molar-refractivity contribution < 1.29 is 14.6 Å². The van der Waals surface area contributed by atoms with E-state index in [-0.39, 0.29) is 0 Å². The first-order valence-corrected chi connectivity index (χ1v) is 5.62. The van der Waals surface area contributed by atoms with Crippen molar-refractivity contribution in [2.45, 2.75) is 13.0 Å². The van der Waals surface area contributed by atoms with Crippen LogP contribution in [-0.2, 0) is 11.3 Å². The molecule has 0 spiro atoms. The van der Waals surface area contributed by atoms with Crippen LogP contribution in [0.4, 0.5) is 0 Å². The highest BCUT2D eigenvalue weighted by atomic mass is 32.1. The SMILES string of the molecule is COCCCNCc1cc(C(=O)O)cs1. The van der Waals surface area contributed by atoms with Gasteiger partial charge in [0.05, 0.1) is 5.56 Å². The molecule has 1 heterocycles. The predicted molar refractivity (Wildman–Crippen MR) is 59.5 cm³/mol. The van der Waals surface area contributed by atoms with Gasteiger partial charge in [-0.25, -0.2) is 4.79 Å². The van der Waals surface area contributed by atoms with Crippen LogP contribution in [0.5, 0.6) is 0 Å². The van der Waals surface area contributed by atoms with Crippen molar-refractivity contribution in [2.75, 3.05) is 20.3 Å². The Bertz CT molecular complexity index is 311. The smallest absolute Gasteiger partial charge is 0.336 e. The van der Waals surface area contributed by atoms with Crippen LogP contribution < -0.4 is 5.32 Å². The molecule has 1 rings (SSSR count). The number of hydrogen-bond donors (Lipinski definition) is 2. The second kappa shape index (κ2) is 6.55. The summed E-state index contributed by atoms with van der Waals surface area (Å²) in [5, 5.41) is 13.6. The van der Waals surface area contributed by atoms with Crippen LogP contribution in [0, 0.1) is 0 Å². The molecule has 0 aliphatic heterocycles. The van der Waals surface area contributed by atoms with Gasteiger partial charge in [0.25, 0.3) is 0 Å². The zero-order chi connectivity index (χ0) is 11.1. The van der Waals surface area contributed by atoms with Gasteiger partial charge in [-0.1, -0.05) is 0 Å². The number of carbonyl (C=O) groups is 1. The quantitative estimate of drug-likeness (QED) is 0.697. The average Bonchev–Trinajstić information content (AvgIpc) is 2.66. The lowest BCUT2D eigenvalue weighted by molar-refractivity contribution is 0.0697. The summed E-state index contributed by atoms with van der Waals surface area (Å²) < 4.78 is 4.91. The van der Waals surface area contributed by atoms with E-state index in [4.69, 9.17) is 9.84 Å². The van der Waals surface area contributed by atoms with Crippen molar-refractivity contribution in [3.05, 3.63) is 21.9 Å². The molecule has 0 radical (unpaired) electrons. The molecule has 0 amide bonds. The maximum absolute atomic E-state index is 10.6. The van der Waals surface area contributed by atoms with E-state index in [2.05, 4.69) is 5.32 Å². The highest BCUT2D eigenvalue weighted by Crippen LogP contribution is 2.14. The lowest BCUT2D eigenvalue weighted by Crippen LogP contribution is -2.15. The van der Waals surface area contributed by atoms with E-state index in [0.29, 0.717) is 5.56 Å². The fourth-order valence-electron chi connectivity index (χ4n) is 1.14. The molecular formula is C10H15NO3S. The molecule has 0 saturated carbocycles. The van der Waals surface area contributed by atoms with E-state index in [1.807, 2.05) is 0 Å². The number of methoxy groups -OCH3 is 1. The largest absolute Gasteiger partial charge is 0.478 e. The van der Waals surface area contributed by atoms with Crippen LogP contribution in [0.3, 0.4) is 0 Å². The molecule has 2 N–H and O–H groups in total. The third-order valence-electron chi connectivity index (χ3n) is 1.90. The van der Waals surface area contributed by atoms with E-state index in [1.54, 1.807) is 18.6 Å². The van der Waals surface area contributed by atoms with Crippen molar-refractivity contribution in [1.82, 2.24) is 5.32 Å². The maximum Gasteiger partial charge on any atom is 0.336 e. The standard InChI is InChI=1S/C10H15NO3S/c1-14-4-2-3-11-6-9-5-8(7-15-9)10(12)13/h5,7,11H,2-4,6H2,1H3,(H,12,13). The molecule has 15 heavy (non-hydrogen) atoms. The van der Waals surface area contributed by atoms with Crippen LogP contribution in [0.1, 0.15) is 21.7 Å². The van der Waals surface area contributed by atoms with Gasteiger partial charge in [0.15, 0.2) is 0 Å². The molecule has 0 aliphatic rings. The van der Waals surface area contributed by atoms with Crippen LogP contribution >= 0.6 is 11.3 Å². The third kappa shape index (κ3) is 4.42. The Morgan fingerprint density at radius 1 is 1.67 bits per heavy atom. The maximum atomic E-state index is 10.6. The number of aromatic carboxylic acids is 1. The number of carboxylic acid groups (broad SMARTS) is 1. The van der Waals surface area contributed by atoms with E-state index >= 15 is 0 Å². The first kappa shape index (κ1) is 12.2. The van der Waals surface area contributed by atoms with Crippen molar-refractivity contribution in [1.29, 1.82) is 0 Å². The summed E-state index contributed by atoms with van der Waals surface area (Å²) in [6.45, 7) is 2.35. The summed E-state index contributed by atoms with van der Waals surface area (Å²) in [6.07, 6.45) is 0.966. The van der Waals surface area contributed by atoms with Crippen LogP contribution in [0.15, 0.2) is 11.4 Å². The molecule has 0 atom stereocenters. The Labute approximate surface area is 92.9 Å². The van der Waals surface area contributed by atoms with Gasteiger partial charge in [0.1, 0.15) is 0 Å². The number of carboxylic acids is 1. The van der Waals surface area contributed by atoms with E-state index in [0.717, 1.165) is 31.0 Å². The minimum Gasteiger partial charge on any atom is -0.478 e. The molecular weight excluding hydrogens is 214 g/mol. The molecule has 1 aromatic heterocycles. The van der Waals surface area contributed by atoms with Gasteiger partial charge in [0, 0.05) is 30.5 Å². The Hall–Kier alpha value is -0.910. The highest BCUT2D eigenvalue weighted by molar-refractivity contribution is 7.10. The molecule has 0 bridgehead atoms. The van der Waals surface area contributed by atoms with Crippen molar-refractivity contribution >= 4 is 17.3 Å². The zero-order valence-corrected chi connectivity index (χ0v) is 9.47. The molecule has 0 aromatic carbocycles. The first-order valence-electron chi connectivity index (χ1n) is 4.74. The Balaban J connectivity index is 2.23. The Kier molecular flexibility index (Phi) is 5.31. The van der Waals surface area contributed by atoms with Gasteiger partial charge >= 0.3 is 5.97 Å². The normalized spacial score (nSPS) is 10.5. The summed E-state index contributed by atoms with van der Waals surface area (Å²) in [5.41, 5.74) is 0.369. The van der Waals surface area contributed by atoms with Gasteiger partial charge < -0.3 is 15.2 Å². The molecule has 0 saturated heterocycles. The number of rotatable bonds is 7. The molecule has 0 unspecified atom stereocenters. The molecule has 0 fully saturated rings. The van der Waals surface area contributed by atoms with E-state index in [1.165, 1.54) is 11.3 Å². The van der Waals surface area contributed by atoms with E-state index in [9.17, 15) is 4.79 Å². The van der Waals surface area contributed by atoms with Gasteiger partial charge in [-0.05, 0) is 19.0 Å². The molecule has 0 aliphatic carbocycles. The summed E-state index contributed by atoms with van der Waals surface area (Å²) in [4.78, 5) is 11.6. The minimum atomic E-state index is -0.864. The second-order valence-corrected chi connectivity index (χ2v) is 4.13. The topological polar surface area (TPSA) is 58.6 Å². The van der Waals surface area contributed by atoms with Gasteiger partial charge in [0.2, 0.25) is 0 Å². The Morgan fingerprint density at radius 2 is 2.47 bits per heavy atom. The molecule has 1 aromatic rings. The molecule has 4 nitrogen and oxygen atoms in total. The number of ether oxygens (including phenoxy) is 1. The van der Waals surface area contributed by atoms with Crippen molar-refractivity contribution in [3.63, 3.8) is 0 Å². The first-order chi connectivity index (χ1) is 7.24. The highest BCUT2D eigenvalue weighted by Gasteiger charge is 2.05. The van der Waals surface area contributed by atoms with Gasteiger partial charge in [-0.2, -0.15) is 0 Å². The summed E-state index contributed by atoms with van der Waals surface area (Å²) in [7, 11) is 1.68. The van der Waals surface area contributed by atoms with Crippen molar-refractivity contribution in [3.8, 4) is 0 Å². The summed E-state index contributed by atoms with van der Waals surface area (Å²) in [5.74, 6) is -0.864. The zero-order valence-electron chi connectivity index (χ0n) is 8.66. The van der Waals surface area contributed by atoms with Gasteiger partial charge in [-0.3, -0.25) is 0 Å². The van der Waals surface area contributed by atoms with Crippen molar-refractivity contribution in [2.24, 2.45) is 0 Å². The summed E-state index contributed by atoms with van der Waals surface area (Å²) >= 11 is 1.47. The number of thiophene rings is 1. The lowest BCUT2D eigenvalue weighted by atomic mass is 10.3. The number of hydrogen-bond acceptors (Lipinski definition) is 4.